The Morgan fingerprint density at radius 3 is 2.46 bits per heavy atom. The van der Waals surface area contributed by atoms with Gasteiger partial charge in [-0.05, 0) is 42.9 Å². The number of likely N-dealkylation sites (N-methyl/N-ethyl adjacent to an activating group) is 1. The van der Waals surface area contributed by atoms with E-state index in [0.29, 0.717) is 17.4 Å². The van der Waals surface area contributed by atoms with E-state index in [-0.39, 0.29) is 5.56 Å². The zero-order valence-corrected chi connectivity index (χ0v) is 16.8. The number of aromatic nitrogens is 2. The zero-order chi connectivity index (χ0) is 19.7. The second-order valence-corrected chi connectivity index (χ2v) is 7.53. The molecule has 1 aliphatic heterocycles. The molecule has 0 atom stereocenters. The van der Waals surface area contributed by atoms with Gasteiger partial charge in [0, 0.05) is 31.2 Å². The summed E-state index contributed by atoms with van der Waals surface area (Å²) in [5.74, 6) is 1.30. The maximum atomic E-state index is 13.4. The lowest BCUT2D eigenvalue weighted by Crippen LogP contribution is -2.47. The van der Waals surface area contributed by atoms with Crippen LogP contribution in [0.1, 0.15) is 5.56 Å². The van der Waals surface area contributed by atoms with Crippen molar-refractivity contribution in [3.63, 3.8) is 0 Å². The minimum absolute atomic E-state index is 0.0878. The Hall–Kier alpha value is -2.57. The Morgan fingerprint density at radius 1 is 1.07 bits per heavy atom. The number of nitrogens with zero attached hydrogens (tertiary/aromatic N) is 4. The molecule has 3 aromatic rings. The zero-order valence-electron chi connectivity index (χ0n) is 16.1. The van der Waals surface area contributed by atoms with Crippen molar-refractivity contribution in [2.45, 2.75) is 6.54 Å². The molecule has 1 aliphatic rings. The first kappa shape index (κ1) is 18.8. The topological polar surface area (TPSA) is 50.6 Å². The van der Waals surface area contributed by atoms with Crippen LogP contribution in [-0.4, -0.2) is 54.8 Å². The molecule has 0 saturated carbocycles. The molecule has 4 rings (SSSR count). The Labute approximate surface area is 168 Å². The third-order valence-electron chi connectivity index (χ3n) is 5.19. The number of anilines is 1. The second-order valence-electron chi connectivity index (χ2n) is 7.10. The lowest BCUT2D eigenvalue weighted by atomic mass is 10.2. The molecule has 2 aromatic carbocycles. The number of piperazine rings is 1. The standard InChI is InChI=1S/C21H23ClN4O2/c1-24-9-11-25(12-10-24)20-21(27)26(14-15-3-6-17(28-2)7-4-15)19-13-16(22)5-8-18(19)23-20/h3-8,13H,9-12,14H2,1-2H3. The number of benzene rings is 2. The Morgan fingerprint density at radius 2 is 1.79 bits per heavy atom. The third-order valence-corrected chi connectivity index (χ3v) is 5.43. The first-order chi connectivity index (χ1) is 13.5. The molecule has 0 bridgehead atoms. The van der Waals surface area contributed by atoms with E-state index in [1.165, 1.54) is 0 Å². The Kier molecular flexibility index (Phi) is 5.24. The van der Waals surface area contributed by atoms with Gasteiger partial charge < -0.3 is 14.5 Å². The van der Waals surface area contributed by atoms with Gasteiger partial charge in [0.25, 0.3) is 5.56 Å². The SMILES string of the molecule is COc1ccc(Cn2c(=O)c(N3CCN(C)CC3)nc3ccc(Cl)cc32)cc1. The minimum atomic E-state index is -0.0878. The highest BCUT2D eigenvalue weighted by atomic mass is 35.5. The predicted molar refractivity (Wildman–Crippen MR) is 113 cm³/mol. The molecule has 0 aliphatic carbocycles. The average molecular weight is 399 g/mol. The molecule has 7 heteroatoms. The number of halogens is 1. The van der Waals surface area contributed by atoms with E-state index < -0.39 is 0 Å². The fourth-order valence-corrected chi connectivity index (χ4v) is 3.66. The number of fused-ring (bicyclic) bond motifs is 1. The van der Waals surface area contributed by atoms with Gasteiger partial charge in [-0.3, -0.25) is 9.36 Å². The third kappa shape index (κ3) is 3.70. The molecule has 1 aromatic heterocycles. The van der Waals surface area contributed by atoms with Crippen LogP contribution in [0.25, 0.3) is 11.0 Å². The van der Waals surface area contributed by atoms with E-state index in [9.17, 15) is 4.79 Å². The fourth-order valence-electron chi connectivity index (χ4n) is 3.49. The van der Waals surface area contributed by atoms with Crippen molar-refractivity contribution in [1.29, 1.82) is 0 Å². The molecule has 0 N–H and O–H groups in total. The van der Waals surface area contributed by atoms with Crippen LogP contribution in [0.3, 0.4) is 0 Å². The first-order valence-corrected chi connectivity index (χ1v) is 9.69. The van der Waals surface area contributed by atoms with E-state index in [2.05, 4.69) is 21.8 Å². The molecule has 1 saturated heterocycles. The van der Waals surface area contributed by atoms with Crippen molar-refractivity contribution >= 4 is 28.5 Å². The lowest BCUT2D eigenvalue weighted by Gasteiger charge is -2.33. The summed E-state index contributed by atoms with van der Waals surface area (Å²) in [7, 11) is 3.73. The summed E-state index contributed by atoms with van der Waals surface area (Å²) in [5.41, 5.74) is 2.44. The summed E-state index contributed by atoms with van der Waals surface area (Å²) in [4.78, 5) is 22.4. The van der Waals surface area contributed by atoms with Gasteiger partial charge in [0.05, 0.1) is 24.7 Å². The van der Waals surface area contributed by atoms with Crippen molar-refractivity contribution in [2.75, 3.05) is 45.2 Å². The largest absolute Gasteiger partial charge is 0.497 e. The molecular formula is C21H23ClN4O2. The fraction of sp³-hybridized carbons (Fsp3) is 0.333. The van der Waals surface area contributed by atoms with Gasteiger partial charge in [-0.15, -0.1) is 0 Å². The molecule has 6 nitrogen and oxygen atoms in total. The number of hydrogen-bond acceptors (Lipinski definition) is 5. The van der Waals surface area contributed by atoms with Gasteiger partial charge in [0.2, 0.25) is 0 Å². The van der Waals surface area contributed by atoms with Crippen molar-refractivity contribution in [2.24, 2.45) is 0 Å². The molecule has 0 spiro atoms. The lowest BCUT2D eigenvalue weighted by molar-refractivity contribution is 0.311. The summed E-state index contributed by atoms with van der Waals surface area (Å²) < 4.78 is 7.00. The second kappa shape index (κ2) is 7.81. The summed E-state index contributed by atoms with van der Waals surface area (Å²) in [6.45, 7) is 3.86. The van der Waals surface area contributed by atoms with Gasteiger partial charge in [0.1, 0.15) is 5.75 Å². The van der Waals surface area contributed by atoms with Crippen molar-refractivity contribution in [1.82, 2.24) is 14.5 Å². The normalized spacial score (nSPS) is 15.2. The number of hydrogen-bond donors (Lipinski definition) is 0. The van der Waals surface area contributed by atoms with E-state index in [1.54, 1.807) is 11.7 Å². The molecule has 0 unspecified atom stereocenters. The van der Waals surface area contributed by atoms with E-state index in [4.69, 9.17) is 16.3 Å². The molecule has 1 fully saturated rings. The van der Waals surface area contributed by atoms with Crippen LogP contribution in [0.5, 0.6) is 5.75 Å². The van der Waals surface area contributed by atoms with Crippen LogP contribution in [0.4, 0.5) is 5.82 Å². The van der Waals surface area contributed by atoms with Crippen LogP contribution in [-0.2, 0) is 6.54 Å². The van der Waals surface area contributed by atoms with Crippen LogP contribution >= 0.6 is 11.6 Å². The van der Waals surface area contributed by atoms with Crippen molar-refractivity contribution < 1.29 is 4.74 Å². The predicted octanol–water partition coefficient (Wildman–Crippen LogP) is 2.86. The summed E-state index contributed by atoms with van der Waals surface area (Å²) >= 11 is 6.21. The highest BCUT2D eigenvalue weighted by Crippen LogP contribution is 2.21. The number of ether oxygens (including phenoxy) is 1. The van der Waals surface area contributed by atoms with Crippen LogP contribution in [0, 0.1) is 0 Å². The molecular weight excluding hydrogens is 376 g/mol. The van der Waals surface area contributed by atoms with Gasteiger partial charge >= 0.3 is 0 Å². The Bertz CT molecular complexity index is 1040. The number of rotatable bonds is 4. The molecule has 0 radical (unpaired) electrons. The number of methoxy groups -OCH3 is 1. The van der Waals surface area contributed by atoms with Crippen molar-refractivity contribution in [3.8, 4) is 5.75 Å². The first-order valence-electron chi connectivity index (χ1n) is 9.31. The van der Waals surface area contributed by atoms with Crippen LogP contribution in [0.15, 0.2) is 47.3 Å². The molecule has 0 amide bonds. The highest BCUT2D eigenvalue weighted by molar-refractivity contribution is 6.31. The maximum Gasteiger partial charge on any atom is 0.294 e. The average Bonchev–Trinajstić information content (AvgIpc) is 2.71. The van der Waals surface area contributed by atoms with Gasteiger partial charge in [-0.25, -0.2) is 4.98 Å². The highest BCUT2D eigenvalue weighted by Gasteiger charge is 2.21. The smallest absolute Gasteiger partial charge is 0.294 e. The van der Waals surface area contributed by atoms with Gasteiger partial charge in [-0.1, -0.05) is 23.7 Å². The minimum Gasteiger partial charge on any atom is -0.497 e. The summed E-state index contributed by atoms with van der Waals surface area (Å²) in [6.07, 6.45) is 0. The van der Waals surface area contributed by atoms with Crippen LogP contribution in [0.2, 0.25) is 5.02 Å². The quantitative estimate of drug-likeness (QED) is 0.676. The van der Waals surface area contributed by atoms with Gasteiger partial charge in [-0.2, -0.15) is 0 Å². The van der Waals surface area contributed by atoms with E-state index in [0.717, 1.165) is 48.5 Å². The summed E-state index contributed by atoms with van der Waals surface area (Å²) in [6, 6.07) is 13.2. The van der Waals surface area contributed by atoms with E-state index in [1.807, 2.05) is 42.5 Å². The molecule has 2 heterocycles. The summed E-state index contributed by atoms with van der Waals surface area (Å²) in [5, 5.41) is 0.588. The Balaban J connectivity index is 1.80. The molecule has 146 valence electrons. The van der Waals surface area contributed by atoms with Gasteiger partial charge in [0.15, 0.2) is 5.82 Å². The monoisotopic (exact) mass is 398 g/mol. The maximum absolute atomic E-state index is 13.4. The van der Waals surface area contributed by atoms with E-state index >= 15 is 0 Å². The molecule has 28 heavy (non-hydrogen) atoms. The van der Waals surface area contributed by atoms with Crippen molar-refractivity contribution in [3.05, 3.63) is 63.4 Å². The van der Waals surface area contributed by atoms with Crippen LogP contribution < -0.4 is 15.2 Å².